The molecule has 0 saturated carbocycles. The number of halogens is 1. The summed E-state index contributed by atoms with van der Waals surface area (Å²) in [6.07, 6.45) is 1.38. The minimum Gasteiger partial charge on any atom is -0.491 e. The van der Waals surface area contributed by atoms with Crippen molar-refractivity contribution in [2.75, 3.05) is 32.8 Å². The first-order valence-corrected chi connectivity index (χ1v) is 13.6. The molecule has 3 amide bonds. The Kier molecular flexibility index (Phi) is 11.3. The van der Waals surface area contributed by atoms with Crippen LogP contribution in [0.1, 0.15) is 55.9 Å². The summed E-state index contributed by atoms with van der Waals surface area (Å²) in [5.74, 6) is -0.195. The number of nitrogens with one attached hydrogen (secondary N) is 2. The Balaban J connectivity index is 0.00000420. The molecule has 4 N–H and O–H groups in total. The number of carbonyl (C=O) groups excluding carboxylic acids is 3. The minimum absolute atomic E-state index is 0. The maximum atomic E-state index is 13.4. The van der Waals surface area contributed by atoms with Crippen LogP contribution in [-0.2, 0) is 11.2 Å². The number of amides is 3. The predicted octanol–water partition coefficient (Wildman–Crippen LogP) is 3.28. The first-order valence-electron chi connectivity index (χ1n) is 12.7. The van der Waals surface area contributed by atoms with Crippen LogP contribution in [0, 0.1) is 6.92 Å². The number of fused-ring (bicyclic) bond motifs is 1. The van der Waals surface area contributed by atoms with Crippen molar-refractivity contribution < 1.29 is 19.1 Å². The molecule has 4 rings (SSSR count). The molecule has 0 fully saturated rings. The van der Waals surface area contributed by atoms with Gasteiger partial charge in [-0.3, -0.25) is 14.4 Å². The highest BCUT2D eigenvalue weighted by Crippen LogP contribution is 2.22. The molecule has 1 aliphatic rings. The normalized spacial score (nSPS) is 15.8. The minimum atomic E-state index is -0.319. The van der Waals surface area contributed by atoms with E-state index in [1.165, 1.54) is 11.3 Å². The van der Waals surface area contributed by atoms with Gasteiger partial charge in [-0.15, -0.1) is 23.7 Å². The van der Waals surface area contributed by atoms with Crippen molar-refractivity contribution in [2.45, 2.75) is 32.2 Å². The molecule has 208 valence electrons. The molecule has 9 nitrogen and oxygen atoms in total. The van der Waals surface area contributed by atoms with E-state index in [0.717, 1.165) is 11.1 Å². The van der Waals surface area contributed by atoms with Gasteiger partial charge in [-0.05, 0) is 37.5 Å². The lowest BCUT2D eigenvalue weighted by Gasteiger charge is -2.22. The van der Waals surface area contributed by atoms with Crippen molar-refractivity contribution >= 4 is 41.5 Å². The van der Waals surface area contributed by atoms with Gasteiger partial charge in [-0.2, -0.15) is 0 Å². The van der Waals surface area contributed by atoms with Crippen molar-refractivity contribution in [2.24, 2.45) is 5.73 Å². The second kappa shape index (κ2) is 14.6. The lowest BCUT2D eigenvalue weighted by molar-refractivity contribution is -0.121. The summed E-state index contributed by atoms with van der Waals surface area (Å²) < 4.78 is 5.76. The van der Waals surface area contributed by atoms with Gasteiger partial charge in [-0.25, -0.2) is 4.98 Å². The van der Waals surface area contributed by atoms with E-state index in [4.69, 9.17) is 10.5 Å². The van der Waals surface area contributed by atoms with E-state index >= 15 is 0 Å². The fraction of sp³-hybridized carbons (Fsp3) is 0.357. The van der Waals surface area contributed by atoms with E-state index in [1.807, 2.05) is 43.3 Å². The SMILES string of the molecule is Cc1ccc2c(c1)C(=O)NCCN(C(=O)c1csc([C@@H](N)Cc3ccccc3)n1)CCCC(=O)NCCO2.Cl. The molecule has 0 aliphatic carbocycles. The number of aryl methyl sites for hydroxylation is 1. The number of thiazole rings is 1. The quantitative estimate of drug-likeness (QED) is 0.441. The van der Waals surface area contributed by atoms with Crippen molar-refractivity contribution in [3.63, 3.8) is 0 Å². The monoisotopic (exact) mass is 571 g/mol. The van der Waals surface area contributed by atoms with Crippen LogP contribution in [0.2, 0.25) is 0 Å². The molecular weight excluding hydrogens is 538 g/mol. The lowest BCUT2D eigenvalue weighted by atomic mass is 10.1. The third-order valence-electron chi connectivity index (χ3n) is 6.20. The maximum Gasteiger partial charge on any atom is 0.273 e. The molecular formula is C28H34ClN5O4S. The predicted molar refractivity (Wildman–Crippen MR) is 154 cm³/mol. The van der Waals surface area contributed by atoms with Gasteiger partial charge >= 0.3 is 0 Å². The number of aromatic nitrogens is 1. The molecule has 0 saturated heterocycles. The largest absolute Gasteiger partial charge is 0.491 e. The first-order chi connectivity index (χ1) is 18.4. The number of hydrogen-bond acceptors (Lipinski definition) is 7. The van der Waals surface area contributed by atoms with Gasteiger partial charge in [0.05, 0.1) is 18.2 Å². The summed E-state index contributed by atoms with van der Waals surface area (Å²) in [6, 6.07) is 15.0. The first kappa shape index (κ1) is 30.1. The van der Waals surface area contributed by atoms with E-state index in [2.05, 4.69) is 15.6 Å². The second-order valence-electron chi connectivity index (χ2n) is 9.22. The van der Waals surface area contributed by atoms with Crippen LogP contribution < -0.4 is 21.1 Å². The van der Waals surface area contributed by atoms with Gasteiger partial charge in [0.15, 0.2) is 0 Å². The highest BCUT2D eigenvalue weighted by atomic mass is 35.5. The van der Waals surface area contributed by atoms with Crippen LogP contribution in [0.5, 0.6) is 5.75 Å². The van der Waals surface area contributed by atoms with Crippen LogP contribution in [0.15, 0.2) is 53.9 Å². The molecule has 0 unspecified atom stereocenters. The Bertz CT molecular complexity index is 1270. The molecule has 2 heterocycles. The summed E-state index contributed by atoms with van der Waals surface area (Å²) >= 11 is 1.36. The van der Waals surface area contributed by atoms with Crippen molar-refractivity contribution in [3.8, 4) is 5.75 Å². The van der Waals surface area contributed by atoms with Crippen LogP contribution in [-0.4, -0.2) is 60.4 Å². The molecule has 1 aliphatic heterocycles. The zero-order valence-electron chi connectivity index (χ0n) is 21.9. The topological polar surface area (TPSA) is 127 Å². The number of ether oxygens (including phenoxy) is 1. The number of nitrogens with zero attached hydrogens (tertiary/aromatic N) is 2. The molecule has 39 heavy (non-hydrogen) atoms. The summed E-state index contributed by atoms with van der Waals surface area (Å²) in [5.41, 5.74) is 9.14. The van der Waals surface area contributed by atoms with E-state index in [0.29, 0.717) is 47.9 Å². The van der Waals surface area contributed by atoms with Gasteiger partial charge in [0.2, 0.25) is 5.91 Å². The standard InChI is InChI=1S/C28H33N5O4S.ClH/c1-19-9-10-24-21(16-19)26(35)31-11-14-33(13-5-8-25(34)30-12-15-37-24)28(36)23-18-38-27(32-23)22(29)17-20-6-3-2-4-7-20;/h2-4,6-7,9-10,16,18,22H,5,8,11-15,17,29H2,1H3,(H,30,34)(H,31,35);1H/t22-;/m0./s1. The third kappa shape index (κ3) is 8.51. The maximum absolute atomic E-state index is 13.4. The summed E-state index contributed by atoms with van der Waals surface area (Å²) in [7, 11) is 0. The summed E-state index contributed by atoms with van der Waals surface area (Å²) in [5, 5.41) is 8.13. The van der Waals surface area contributed by atoms with Crippen molar-refractivity contribution in [3.05, 3.63) is 81.3 Å². The van der Waals surface area contributed by atoms with Crippen LogP contribution >= 0.6 is 23.7 Å². The number of carbonyl (C=O) groups is 3. The fourth-order valence-corrected chi connectivity index (χ4v) is 5.00. The Labute approximate surface area is 238 Å². The Morgan fingerprint density at radius 2 is 1.92 bits per heavy atom. The average Bonchev–Trinajstić information content (AvgIpc) is 3.41. The Hall–Kier alpha value is -3.47. The third-order valence-corrected chi connectivity index (χ3v) is 7.18. The van der Waals surface area contributed by atoms with Crippen LogP contribution in [0.25, 0.3) is 0 Å². The zero-order valence-corrected chi connectivity index (χ0v) is 23.5. The average molecular weight is 572 g/mol. The Morgan fingerprint density at radius 1 is 1.13 bits per heavy atom. The van der Waals surface area contributed by atoms with Crippen molar-refractivity contribution in [1.82, 2.24) is 20.5 Å². The molecule has 11 heteroatoms. The van der Waals surface area contributed by atoms with Gasteiger partial charge < -0.3 is 26.0 Å². The Morgan fingerprint density at radius 3 is 2.72 bits per heavy atom. The van der Waals surface area contributed by atoms with Crippen LogP contribution in [0.4, 0.5) is 0 Å². The molecule has 1 aromatic heterocycles. The molecule has 0 bridgehead atoms. The van der Waals surface area contributed by atoms with Gasteiger partial charge in [0, 0.05) is 31.4 Å². The molecule has 1 atom stereocenters. The number of nitrogens with two attached hydrogens (primary N) is 1. The van der Waals surface area contributed by atoms with Crippen LogP contribution in [0.3, 0.4) is 0 Å². The highest BCUT2D eigenvalue weighted by Gasteiger charge is 2.22. The zero-order chi connectivity index (χ0) is 26.9. The van der Waals surface area contributed by atoms with Gasteiger partial charge in [0.1, 0.15) is 23.1 Å². The highest BCUT2D eigenvalue weighted by molar-refractivity contribution is 7.09. The number of benzene rings is 2. The molecule has 2 aromatic carbocycles. The van der Waals surface area contributed by atoms with E-state index < -0.39 is 0 Å². The second-order valence-corrected chi connectivity index (χ2v) is 10.1. The summed E-state index contributed by atoms with van der Waals surface area (Å²) in [6.45, 7) is 3.35. The molecule has 0 radical (unpaired) electrons. The number of hydrogen-bond donors (Lipinski definition) is 3. The molecule has 3 aromatic rings. The van der Waals surface area contributed by atoms with E-state index in [1.54, 1.807) is 22.4 Å². The van der Waals surface area contributed by atoms with E-state index in [9.17, 15) is 14.4 Å². The fourth-order valence-electron chi connectivity index (χ4n) is 4.21. The summed E-state index contributed by atoms with van der Waals surface area (Å²) in [4.78, 5) is 44.8. The molecule has 0 spiro atoms. The van der Waals surface area contributed by atoms with Crippen molar-refractivity contribution in [1.29, 1.82) is 0 Å². The number of rotatable bonds is 4. The lowest BCUT2D eigenvalue weighted by Crippen LogP contribution is -2.39. The van der Waals surface area contributed by atoms with Gasteiger partial charge in [-0.1, -0.05) is 42.0 Å². The smallest absolute Gasteiger partial charge is 0.273 e. The van der Waals surface area contributed by atoms with Gasteiger partial charge in [0.25, 0.3) is 11.8 Å². The van der Waals surface area contributed by atoms with E-state index in [-0.39, 0.29) is 62.3 Å².